The molecule has 198 valence electrons. The second-order valence-electron chi connectivity index (χ2n) is 9.86. The fourth-order valence-electron chi connectivity index (χ4n) is 5.05. The zero-order chi connectivity index (χ0) is 27.2. The number of piperidine rings is 1. The van der Waals surface area contributed by atoms with Crippen LogP contribution in [0.2, 0.25) is 5.02 Å². The molecular weight excluding hydrogens is 524 g/mol. The molecule has 2 aromatic carbocycles. The summed E-state index contributed by atoms with van der Waals surface area (Å²) in [5, 5.41) is 3.18. The van der Waals surface area contributed by atoms with Gasteiger partial charge in [-0.3, -0.25) is 9.59 Å². The van der Waals surface area contributed by atoms with Crippen molar-refractivity contribution in [1.82, 2.24) is 9.88 Å². The molecule has 5 rings (SSSR count). The lowest BCUT2D eigenvalue weighted by molar-refractivity contribution is -0.110. The van der Waals surface area contributed by atoms with Crippen molar-refractivity contribution in [3.8, 4) is 0 Å². The molecule has 10 heteroatoms. The maximum absolute atomic E-state index is 13.3. The van der Waals surface area contributed by atoms with Crippen LogP contribution in [-0.2, 0) is 20.4 Å². The van der Waals surface area contributed by atoms with Gasteiger partial charge in [-0.25, -0.2) is 8.42 Å². The highest BCUT2D eigenvalue weighted by Crippen LogP contribution is 2.36. The molecule has 1 aromatic heterocycles. The van der Waals surface area contributed by atoms with E-state index in [2.05, 4.69) is 10.3 Å². The zero-order valence-corrected chi connectivity index (χ0v) is 22.7. The van der Waals surface area contributed by atoms with Crippen molar-refractivity contribution >= 4 is 50.6 Å². The number of aromatic nitrogens is 1. The van der Waals surface area contributed by atoms with E-state index in [1.165, 1.54) is 12.1 Å². The average Bonchev–Trinajstić information content (AvgIpc) is 3.34. The monoisotopic (exact) mass is 552 g/mol. The summed E-state index contributed by atoms with van der Waals surface area (Å²) in [7, 11) is -3.73. The molecule has 3 heterocycles. The molecule has 0 aliphatic carbocycles. The van der Waals surface area contributed by atoms with E-state index in [4.69, 9.17) is 17.3 Å². The summed E-state index contributed by atoms with van der Waals surface area (Å²) < 4.78 is 26.4. The van der Waals surface area contributed by atoms with Crippen molar-refractivity contribution in [1.29, 1.82) is 0 Å². The molecule has 0 bridgehead atoms. The molecular formula is C28H29ClN4O4S. The van der Waals surface area contributed by atoms with Crippen LogP contribution in [0.5, 0.6) is 0 Å². The van der Waals surface area contributed by atoms with E-state index in [9.17, 15) is 18.0 Å². The van der Waals surface area contributed by atoms with Gasteiger partial charge in [0.2, 0.25) is 0 Å². The predicted molar refractivity (Wildman–Crippen MR) is 149 cm³/mol. The van der Waals surface area contributed by atoms with E-state index >= 15 is 0 Å². The summed E-state index contributed by atoms with van der Waals surface area (Å²) in [4.78, 5) is 31.3. The summed E-state index contributed by atoms with van der Waals surface area (Å²) in [5.41, 5.74) is 10.5. The molecule has 0 saturated carbocycles. The summed E-state index contributed by atoms with van der Waals surface area (Å²) in [5.74, 6) is -0.657. The van der Waals surface area contributed by atoms with Crippen LogP contribution in [-0.4, -0.2) is 49.2 Å². The third-order valence-corrected chi connectivity index (χ3v) is 9.27. The SMILES string of the molecule is Cc1[nH]c(C=C2C(=O)Nc3ccc(S(=O)(=O)Cc4ccccc4Cl)cc32)c(C)c1C(=O)N1CCC(N)CC1. The van der Waals surface area contributed by atoms with Crippen molar-refractivity contribution in [2.24, 2.45) is 5.73 Å². The molecule has 8 nitrogen and oxygen atoms in total. The third-order valence-electron chi connectivity index (χ3n) is 7.24. The maximum atomic E-state index is 13.3. The molecule has 1 fully saturated rings. The van der Waals surface area contributed by atoms with Crippen LogP contribution in [0.15, 0.2) is 47.4 Å². The highest BCUT2D eigenvalue weighted by atomic mass is 35.5. The summed E-state index contributed by atoms with van der Waals surface area (Å²) in [6.45, 7) is 4.90. The Morgan fingerprint density at radius 3 is 2.58 bits per heavy atom. The van der Waals surface area contributed by atoms with E-state index < -0.39 is 9.84 Å². The number of aromatic amines is 1. The lowest BCUT2D eigenvalue weighted by Gasteiger charge is -2.30. The maximum Gasteiger partial charge on any atom is 0.256 e. The van der Waals surface area contributed by atoms with Gasteiger partial charge in [-0.05, 0) is 68.2 Å². The molecule has 4 N–H and O–H groups in total. The summed E-state index contributed by atoms with van der Waals surface area (Å²) in [6.07, 6.45) is 3.21. The Balaban J connectivity index is 1.48. The summed E-state index contributed by atoms with van der Waals surface area (Å²) in [6, 6.07) is 11.5. The number of H-pyrrole nitrogens is 1. The Bertz CT molecular complexity index is 1580. The topological polar surface area (TPSA) is 125 Å². The fourth-order valence-corrected chi connectivity index (χ4v) is 6.73. The quantitative estimate of drug-likeness (QED) is 0.407. The number of nitrogens with one attached hydrogen (secondary N) is 2. The van der Waals surface area contributed by atoms with Crippen molar-refractivity contribution in [2.45, 2.75) is 43.4 Å². The number of nitrogens with two attached hydrogens (primary N) is 1. The molecule has 0 radical (unpaired) electrons. The minimum absolute atomic E-state index is 0.0583. The number of sulfone groups is 1. The number of fused-ring (bicyclic) bond motifs is 1. The number of likely N-dealkylation sites (tertiary alicyclic amines) is 1. The van der Waals surface area contributed by atoms with Crippen LogP contribution in [0, 0.1) is 13.8 Å². The number of halogens is 1. The lowest BCUT2D eigenvalue weighted by atomic mass is 10.0. The summed E-state index contributed by atoms with van der Waals surface area (Å²) >= 11 is 6.19. The van der Waals surface area contributed by atoms with Gasteiger partial charge in [0.15, 0.2) is 9.84 Å². The van der Waals surface area contributed by atoms with E-state index in [0.29, 0.717) is 57.5 Å². The van der Waals surface area contributed by atoms with Gasteiger partial charge >= 0.3 is 0 Å². The predicted octanol–water partition coefficient (Wildman–Crippen LogP) is 4.31. The second kappa shape index (κ2) is 10.1. The van der Waals surface area contributed by atoms with E-state index in [1.54, 1.807) is 36.4 Å². The van der Waals surface area contributed by atoms with Gasteiger partial charge in [-0.1, -0.05) is 29.8 Å². The first-order valence-electron chi connectivity index (χ1n) is 12.4. The van der Waals surface area contributed by atoms with Crippen molar-refractivity contribution in [3.05, 3.63) is 81.1 Å². The molecule has 2 aliphatic heterocycles. The molecule has 0 atom stereocenters. The number of benzene rings is 2. The van der Waals surface area contributed by atoms with Gasteiger partial charge in [-0.2, -0.15) is 0 Å². The number of anilines is 1. The van der Waals surface area contributed by atoms with Crippen LogP contribution >= 0.6 is 11.6 Å². The molecule has 1 saturated heterocycles. The molecule has 0 spiro atoms. The number of nitrogens with zero attached hydrogens (tertiary/aromatic N) is 1. The largest absolute Gasteiger partial charge is 0.358 e. The number of carbonyl (C=O) groups is 2. The highest BCUT2D eigenvalue weighted by Gasteiger charge is 2.29. The smallest absolute Gasteiger partial charge is 0.256 e. The van der Waals surface area contributed by atoms with Gasteiger partial charge in [-0.15, -0.1) is 0 Å². The van der Waals surface area contributed by atoms with Crippen LogP contribution < -0.4 is 11.1 Å². The fraction of sp³-hybridized carbons (Fsp3) is 0.286. The second-order valence-corrected chi connectivity index (χ2v) is 12.3. The van der Waals surface area contributed by atoms with Gasteiger partial charge in [0, 0.05) is 46.8 Å². The Kier molecular flexibility index (Phi) is 6.94. The normalized spacial score (nSPS) is 17.1. The zero-order valence-electron chi connectivity index (χ0n) is 21.2. The Hall–Kier alpha value is -3.40. The first-order valence-corrected chi connectivity index (χ1v) is 14.5. The molecule has 2 amide bonds. The van der Waals surface area contributed by atoms with Gasteiger partial charge in [0.05, 0.1) is 21.8 Å². The van der Waals surface area contributed by atoms with Gasteiger partial charge in [0.1, 0.15) is 0 Å². The van der Waals surface area contributed by atoms with Crippen LogP contribution in [0.3, 0.4) is 0 Å². The van der Waals surface area contributed by atoms with E-state index in [0.717, 1.165) is 18.4 Å². The van der Waals surface area contributed by atoms with Gasteiger partial charge in [0.25, 0.3) is 11.8 Å². The minimum atomic E-state index is -3.73. The third kappa shape index (κ3) is 4.89. The highest BCUT2D eigenvalue weighted by molar-refractivity contribution is 7.90. The molecule has 0 unspecified atom stereocenters. The van der Waals surface area contributed by atoms with Crippen molar-refractivity contribution in [2.75, 3.05) is 18.4 Å². The average molecular weight is 553 g/mol. The van der Waals surface area contributed by atoms with Crippen LogP contribution in [0.4, 0.5) is 5.69 Å². The minimum Gasteiger partial charge on any atom is -0.358 e. The van der Waals surface area contributed by atoms with Gasteiger partial charge < -0.3 is 20.9 Å². The number of aryl methyl sites for hydroxylation is 1. The van der Waals surface area contributed by atoms with E-state index in [1.807, 2.05) is 18.7 Å². The Morgan fingerprint density at radius 1 is 1.16 bits per heavy atom. The first-order chi connectivity index (χ1) is 18.0. The van der Waals surface area contributed by atoms with Crippen molar-refractivity contribution in [3.63, 3.8) is 0 Å². The van der Waals surface area contributed by atoms with Crippen molar-refractivity contribution < 1.29 is 18.0 Å². The first kappa shape index (κ1) is 26.2. The number of carbonyl (C=O) groups excluding carboxylic acids is 2. The molecule has 3 aromatic rings. The van der Waals surface area contributed by atoms with Crippen LogP contribution in [0.1, 0.15) is 51.3 Å². The standard InChI is InChI=1S/C28H29ClN4O4S/c1-16-25(31-17(2)26(16)28(35)33-11-9-19(30)10-12-33)14-22-21-13-20(7-8-24(21)32-27(22)34)38(36,37)15-18-5-3-4-6-23(18)29/h3-8,13-14,19,31H,9-12,15,30H2,1-2H3,(H,32,34). The molecule has 2 aliphatic rings. The number of amides is 2. The number of hydrogen-bond donors (Lipinski definition) is 3. The molecule has 38 heavy (non-hydrogen) atoms. The Morgan fingerprint density at radius 2 is 1.87 bits per heavy atom. The number of hydrogen-bond acceptors (Lipinski definition) is 5. The van der Waals surface area contributed by atoms with E-state index in [-0.39, 0.29) is 28.5 Å². The Labute approximate surface area is 226 Å². The lowest BCUT2D eigenvalue weighted by Crippen LogP contribution is -2.43. The van der Waals surface area contributed by atoms with Crippen LogP contribution in [0.25, 0.3) is 11.6 Å². The number of rotatable bonds is 5.